The third kappa shape index (κ3) is 16.5. The second-order valence-electron chi connectivity index (χ2n) is 16.4. The van der Waals surface area contributed by atoms with Gasteiger partial charge in [-0.25, -0.2) is 9.59 Å². The van der Waals surface area contributed by atoms with Crippen LogP contribution in [0.2, 0.25) is 0 Å². The van der Waals surface area contributed by atoms with E-state index in [0.29, 0.717) is 6.07 Å². The van der Waals surface area contributed by atoms with Gasteiger partial charge in [0, 0.05) is 24.5 Å². The Morgan fingerprint density at radius 1 is 0.519 bits per heavy atom. The maximum Gasteiger partial charge on any atom is 0.453 e. The number of hydrogen-bond donors (Lipinski definition) is 2. The number of aliphatic hydroxyl groups is 2. The summed E-state index contributed by atoms with van der Waals surface area (Å²) in [5.41, 5.74) is -1.96. The minimum Gasteiger partial charge on any atom is -0.494 e. The predicted octanol–water partition coefficient (Wildman–Crippen LogP) is 11.0. The number of non-ortho nitro benzene ring substituents is 1. The van der Waals surface area contributed by atoms with Crippen LogP contribution in [-0.4, -0.2) is 93.2 Å². The van der Waals surface area contributed by atoms with Crippen LogP contribution >= 0.6 is 0 Å². The molecule has 2 N–H and O–H groups in total. The fraction of sp³-hybridized carbons (Fsp3) is 0.255. The Hall–Kier alpha value is -8.52. The number of ether oxygens (including phenoxy) is 4. The van der Waals surface area contributed by atoms with Crippen molar-refractivity contribution in [2.24, 2.45) is 0 Å². The number of hydrogen-bond acceptors (Lipinski definition) is 14. The molecule has 0 amide bonds. The second kappa shape index (κ2) is 25.3. The zero-order chi connectivity index (χ0) is 56.9. The van der Waals surface area contributed by atoms with Crippen LogP contribution in [0.25, 0.3) is 12.2 Å². The average Bonchev–Trinajstić information content (AvgIpc) is 3.37. The molecule has 2 atom stereocenters. The summed E-state index contributed by atoms with van der Waals surface area (Å²) in [6.07, 6.45) is -16.5. The number of carbonyl (C=O) groups excluding carboxylic acids is 4. The lowest BCUT2D eigenvalue weighted by Crippen LogP contribution is -2.39. The fourth-order valence-corrected chi connectivity index (χ4v) is 6.76. The Bertz CT molecular complexity index is 2800. The van der Waals surface area contributed by atoms with Crippen LogP contribution in [0, 0.1) is 20.2 Å². The molecule has 16 nitrogen and oxygen atoms in total. The first-order valence-electron chi connectivity index (χ1n) is 22.3. The van der Waals surface area contributed by atoms with Gasteiger partial charge in [0.1, 0.15) is 35.2 Å². The lowest BCUT2D eigenvalue weighted by atomic mass is 9.83. The van der Waals surface area contributed by atoms with Gasteiger partial charge in [-0.05, 0) is 115 Å². The third-order valence-corrected chi connectivity index (χ3v) is 10.9. The number of alkyl halides is 10. The largest absolute Gasteiger partial charge is 0.494 e. The highest BCUT2D eigenvalue weighted by Gasteiger charge is 2.57. The molecule has 0 heterocycles. The average molecular weight is 1090 g/mol. The van der Waals surface area contributed by atoms with Gasteiger partial charge in [0.25, 0.3) is 11.4 Å². The minimum atomic E-state index is -5.70. The molecule has 0 bridgehead atoms. The number of nitro benzene ring substituents is 2. The maximum absolute atomic E-state index is 13.5. The molecule has 0 aliphatic heterocycles. The summed E-state index contributed by atoms with van der Waals surface area (Å²) in [7, 11) is 0. The monoisotopic (exact) mass is 1090 g/mol. The second-order valence-corrected chi connectivity index (χ2v) is 16.4. The van der Waals surface area contributed by atoms with Crippen molar-refractivity contribution in [1.82, 2.24) is 0 Å². The summed E-state index contributed by atoms with van der Waals surface area (Å²) in [4.78, 5) is 73.9. The molecule has 0 aromatic heterocycles. The van der Waals surface area contributed by atoms with Crippen LogP contribution in [0.4, 0.5) is 55.3 Å². The molecular formula is C51H40F10N2O14. The molecule has 0 spiro atoms. The van der Waals surface area contributed by atoms with Gasteiger partial charge in [-0.15, -0.1) is 0 Å². The molecule has 5 aromatic rings. The van der Waals surface area contributed by atoms with E-state index in [9.17, 15) is 93.5 Å². The normalized spacial score (nSPS) is 13.4. The van der Waals surface area contributed by atoms with Crippen molar-refractivity contribution < 1.29 is 102 Å². The van der Waals surface area contributed by atoms with Crippen LogP contribution in [0.3, 0.4) is 0 Å². The van der Waals surface area contributed by atoms with Crippen molar-refractivity contribution in [1.29, 1.82) is 0 Å². The summed E-state index contributed by atoms with van der Waals surface area (Å²) in [6, 6.07) is 22.7. The van der Waals surface area contributed by atoms with Gasteiger partial charge >= 0.3 is 36.1 Å². The van der Waals surface area contributed by atoms with Crippen LogP contribution < -0.4 is 18.9 Å². The van der Waals surface area contributed by atoms with E-state index >= 15 is 0 Å². The number of rotatable bonds is 25. The highest BCUT2D eigenvalue weighted by molar-refractivity contribution is 6.01. The Morgan fingerprint density at radius 3 is 1.22 bits per heavy atom. The SMILES string of the molecule is O=C(Oc1ccc(/C=C/C(=O)C(O)C(c2ccc([N+](=O)[O-])cc2[N+](=O)[O-])C(O)C(=O)/C=C/c2ccc(OC(=O)c3ccc(OCCCC(F)(F)C(F)(F)F)cc3)cc2)cc1)c1ccc(OCCCC(F)(F)C(F)(F)F)cc1. The quantitative estimate of drug-likeness (QED) is 0.0105. The molecule has 5 aromatic carbocycles. The minimum absolute atomic E-state index is 0.0108. The number of halogens is 10. The van der Waals surface area contributed by atoms with Crippen molar-refractivity contribution in [2.45, 2.75) is 68.0 Å². The molecular weight excluding hydrogens is 1050 g/mol. The van der Waals surface area contributed by atoms with E-state index in [1.165, 1.54) is 97.1 Å². The van der Waals surface area contributed by atoms with Crippen LogP contribution in [0.15, 0.2) is 127 Å². The van der Waals surface area contributed by atoms with Crippen molar-refractivity contribution in [3.05, 3.63) is 175 Å². The van der Waals surface area contributed by atoms with Crippen molar-refractivity contribution in [3.8, 4) is 23.0 Å². The molecule has 0 saturated heterocycles. The third-order valence-electron chi connectivity index (χ3n) is 10.9. The smallest absolute Gasteiger partial charge is 0.453 e. The van der Waals surface area contributed by atoms with Crippen molar-refractivity contribution >= 4 is 47.0 Å². The number of nitrogens with zero attached hydrogens (tertiary/aromatic N) is 2. The number of aliphatic hydroxyl groups excluding tert-OH is 2. The lowest BCUT2D eigenvalue weighted by Gasteiger charge is -2.25. The van der Waals surface area contributed by atoms with E-state index in [2.05, 4.69) is 0 Å². The topological polar surface area (TPSA) is 232 Å². The van der Waals surface area contributed by atoms with E-state index in [4.69, 9.17) is 18.9 Å². The van der Waals surface area contributed by atoms with Gasteiger partial charge < -0.3 is 29.2 Å². The van der Waals surface area contributed by atoms with Crippen LogP contribution in [-0.2, 0) is 9.59 Å². The van der Waals surface area contributed by atoms with Gasteiger partial charge in [-0.2, -0.15) is 43.9 Å². The fourth-order valence-electron chi connectivity index (χ4n) is 6.76. The summed E-state index contributed by atoms with van der Waals surface area (Å²) in [5, 5.41) is 46.3. The van der Waals surface area contributed by atoms with E-state index in [1.54, 1.807) is 0 Å². The Labute approximate surface area is 428 Å². The Morgan fingerprint density at radius 2 is 0.883 bits per heavy atom. The summed E-state index contributed by atoms with van der Waals surface area (Å²) in [6.45, 7) is -0.939. The Balaban J connectivity index is 1.21. The number of carbonyl (C=O) groups is 4. The van der Waals surface area contributed by atoms with Gasteiger partial charge in [-0.3, -0.25) is 29.8 Å². The summed E-state index contributed by atoms with van der Waals surface area (Å²) in [5.74, 6) is -15.9. The predicted molar refractivity (Wildman–Crippen MR) is 250 cm³/mol. The zero-order valence-electron chi connectivity index (χ0n) is 39.2. The molecule has 26 heteroatoms. The Kier molecular flexibility index (Phi) is 19.5. The first-order valence-corrected chi connectivity index (χ1v) is 22.3. The first kappa shape index (κ1) is 59.4. The van der Waals surface area contributed by atoms with Crippen molar-refractivity contribution in [2.75, 3.05) is 13.2 Å². The molecule has 77 heavy (non-hydrogen) atoms. The lowest BCUT2D eigenvalue weighted by molar-refractivity contribution is -0.394. The van der Waals surface area contributed by atoms with E-state index in [-0.39, 0.29) is 45.3 Å². The van der Waals surface area contributed by atoms with E-state index in [1.807, 2.05) is 0 Å². The maximum atomic E-state index is 13.5. The van der Waals surface area contributed by atoms with E-state index < -0.39 is 132 Å². The van der Waals surface area contributed by atoms with Gasteiger partial charge in [0.05, 0.1) is 46.2 Å². The highest BCUT2D eigenvalue weighted by atomic mass is 19.4. The number of nitro groups is 2. The van der Waals surface area contributed by atoms with Crippen LogP contribution in [0.5, 0.6) is 23.0 Å². The van der Waals surface area contributed by atoms with Crippen molar-refractivity contribution in [3.63, 3.8) is 0 Å². The van der Waals surface area contributed by atoms with Gasteiger partial charge in [0.2, 0.25) is 0 Å². The zero-order valence-corrected chi connectivity index (χ0v) is 39.2. The number of benzene rings is 5. The molecule has 0 radical (unpaired) electrons. The molecule has 0 aliphatic carbocycles. The highest BCUT2D eigenvalue weighted by Crippen LogP contribution is 2.40. The molecule has 5 rings (SSSR count). The van der Waals surface area contributed by atoms with Gasteiger partial charge in [-0.1, -0.05) is 36.4 Å². The van der Waals surface area contributed by atoms with Crippen LogP contribution in [0.1, 0.15) is 69.0 Å². The molecule has 0 saturated carbocycles. The van der Waals surface area contributed by atoms with Gasteiger partial charge in [0.15, 0.2) is 11.6 Å². The summed E-state index contributed by atoms with van der Waals surface area (Å²) < 4.78 is 148. The molecule has 0 fully saturated rings. The number of ketones is 2. The molecule has 0 aliphatic rings. The molecule has 408 valence electrons. The first-order chi connectivity index (χ1) is 36.1. The summed E-state index contributed by atoms with van der Waals surface area (Å²) >= 11 is 0. The standard InChI is InChI=1S/C51H40F10N2O14/c52-48(53,50(56,57)58)25-1-27-74-35-18-9-32(10-19-35)46(68)76-37-14-3-30(4-15-37)7-23-41(64)44(66)43(39-22-13-34(62(70)71)29-40(39)63(72)73)45(67)42(65)24-8-31-5-16-38(17-6-31)77-47(69)33-11-20-36(21-12-33)75-28-2-26-49(54,55)51(59,60)61/h3-24,29,43-45,66-67H,1-2,25-28H2/b23-7+,24-8+. The molecule has 2 unspecified atom stereocenters. The number of esters is 2. The van der Waals surface area contributed by atoms with E-state index in [0.717, 1.165) is 36.4 Å².